The molecule has 5 nitrogen and oxygen atoms in total. The van der Waals surface area contributed by atoms with Gasteiger partial charge >= 0.3 is 0 Å². The molecule has 146 valence electrons. The molecule has 2 rings (SSSR count). The van der Waals surface area contributed by atoms with Crippen LogP contribution in [0.15, 0.2) is 17.8 Å². The molecule has 0 bridgehead atoms. The van der Waals surface area contributed by atoms with Crippen LogP contribution >= 0.6 is 0 Å². The maximum absolute atomic E-state index is 13.3. The summed E-state index contributed by atoms with van der Waals surface area (Å²) >= 11 is 0. The Bertz CT molecular complexity index is 697. The first-order valence-electron chi connectivity index (χ1n) is 8.87. The van der Waals surface area contributed by atoms with Crippen molar-refractivity contribution in [3.63, 3.8) is 0 Å². The average molecular weight is 369 g/mol. The summed E-state index contributed by atoms with van der Waals surface area (Å²) in [5.74, 6) is -0.127. The van der Waals surface area contributed by atoms with Crippen LogP contribution in [0.3, 0.4) is 0 Å². The maximum atomic E-state index is 13.3. The van der Waals surface area contributed by atoms with Gasteiger partial charge in [0.25, 0.3) is 12.3 Å². The lowest BCUT2D eigenvalue weighted by atomic mass is 9.63. The van der Waals surface area contributed by atoms with Gasteiger partial charge in [0.2, 0.25) is 0 Å². The first-order chi connectivity index (χ1) is 12.0. The molecule has 0 aromatic carbocycles. The van der Waals surface area contributed by atoms with Crippen molar-refractivity contribution in [2.75, 3.05) is 7.11 Å². The van der Waals surface area contributed by atoms with Crippen molar-refractivity contribution in [3.8, 4) is 0 Å². The van der Waals surface area contributed by atoms with Gasteiger partial charge in [0.1, 0.15) is 5.69 Å². The minimum atomic E-state index is -2.82. The third-order valence-corrected chi connectivity index (χ3v) is 5.32. The number of hydroxylamine groups is 2. The summed E-state index contributed by atoms with van der Waals surface area (Å²) in [6, 6.07) is -0.285. The predicted molar refractivity (Wildman–Crippen MR) is 95.6 cm³/mol. The normalized spacial score (nSPS) is 23.7. The molecule has 7 heteroatoms. The standard InChI is InChI=1S/C19H29F2N3O2/c1-11-8-12(2)15(19(4,5)9-11)13(3)24(26-7)18(25)14-10-23(6)22-16(14)17(20)21/h9-10,12-13,15,17H,8H2,1-7H3. The summed E-state index contributed by atoms with van der Waals surface area (Å²) in [4.78, 5) is 18.4. The number of allylic oxidation sites excluding steroid dienone is 2. The van der Waals surface area contributed by atoms with Gasteiger partial charge < -0.3 is 0 Å². The molecule has 0 N–H and O–H groups in total. The highest BCUT2D eigenvalue weighted by molar-refractivity contribution is 5.94. The Morgan fingerprint density at radius 3 is 2.58 bits per heavy atom. The van der Waals surface area contributed by atoms with E-state index in [1.165, 1.54) is 35.7 Å². The van der Waals surface area contributed by atoms with Crippen LogP contribution in [-0.4, -0.2) is 33.9 Å². The number of alkyl halides is 2. The van der Waals surface area contributed by atoms with E-state index < -0.39 is 18.0 Å². The Hall–Kier alpha value is -1.76. The predicted octanol–water partition coefficient (Wildman–Crippen LogP) is 4.38. The molecule has 0 saturated heterocycles. The molecular formula is C19H29F2N3O2. The summed E-state index contributed by atoms with van der Waals surface area (Å²) in [5, 5.41) is 4.95. The van der Waals surface area contributed by atoms with Gasteiger partial charge in [0.15, 0.2) is 0 Å². The SMILES string of the molecule is CON(C(=O)c1cn(C)nc1C(F)F)C(C)C1C(C)CC(C)=CC1(C)C. The van der Waals surface area contributed by atoms with Gasteiger partial charge in [0.05, 0.1) is 18.7 Å². The molecule has 26 heavy (non-hydrogen) atoms. The molecule has 1 heterocycles. The summed E-state index contributed by atoms with van der Waals surface area (Å²) in [5.41, 5.74) is 0.551. The highest BCUT2D eigenvalue weighted by Gasteiger charge is 2.43. The van der Waals surface area contributed by atoms with E-state index in [2.05, 4.69) is 38.9 Å². The van der Waals surface area contributed by atoms with E-state index in [1.54, 1.807) is 0 Å². The van der Waals surface area contributed by atoms with Crippen LogP contribution in [0.4, 0.5) is 8.78 Å². The van der Waals surface area contributed by atoms with Gasteiger partial charge in [-0.1, -0.05) is 32.4 Å². The van der Waals surface area contributed by atoms with Crippen molar-refractivity contribution >= 4 is 5.91 Å². The van der Waals surface area contributed by atoms with Crippen molar-refractivity contribution in [1.82, 2.24) is 14.8 Å². The van der Waals surface area contributed by atoms with Crippen LogP contribution in [0.2, 0.25) is 0 Å². The summed E-state index contributed by atoms with van der Waals surface area (Å²) < 4.78 is 27.7. The van der Waals surface area contributed by atoms with Crippen molar-refractivity contribution < 1.29 is 18.4 Å². The zero-order chi connectivity index (χ0) is 19.8. The van der Waals surface area contributed by atoms with Crippen LogP contribution in [0, 0.1) is 17.3 Å². The van der Waals surface area contributed by atoms with E-state index in [-0.39, 0.29) is 22.9 Å². The average Bonchev–Trinajstić information content (AvgIpc) is 2.88. The first kappa shape index (κ1) is 20.6. The Morgan fingerprint density at radius 1 is 1.46 bits per heavy atom. The van der Waals surface area contributed by atoms with E-state index in [9.17, 15) is 13.6 Å². The summed E-state index contributed by atoms with van der Waals surface area (Å²) in [6.45, 7) is 10.5. The minimum Gasteiger partial charge on any atom is -0.275 e. The highest BCUT2D eigenvalue weighted by atomic mass is 19.3. The second kappa shape index (κ2) is 7.47. The lowest BCUT2D eigenvalue weighted by Gasteiger charge is -2.46. The lowest BCUT2D eigenvalue weighted by Crippen LogP contribution is -2.49. The topological polar surface area (TPSA) is 47.4 Å². The molecule has 1 amide bonds. The molecule has 1 aromatic heterocycles. The second-order valence-corrected chi connectivity index (χ2v) is 7.98. The highest BCUT2D eigenvalue weighted by Crippen LogP contribution is 2.45. The Kier molecular flexibility index (Phi) is 5.90. The molecular weight excluding hydrogens is 340 g/mol. The van der Waals surface area contributed by atoms with Crippen LogP contribution in [0.5, 0.6) is 0 Å². The molecule has 0 fully saturated rings. The fourth-order valence-electron chi connectivity index (χ4n) is 4.79. The molecule has 1 aromatic rings. The Morgan fingerprint density at radius 2 is 2.08 bits per heavy atom. The lowest BCUT2D eigenvalue weighted by molar-refractivity contribution is -0.145. The van der Waals surface area contributed by atoms with Gasteiger partial charge in [-0.2, -0.15) is 5.10 Å². The smallest absolute Gasteiger partial charge is 0.275 e. The van der Waals surface area contributed by atoms with E-state index in [0.29, 0.717) is 5.92 Å². The maximum Gasteiger partial charge on any atom is 0.282 e. The number of nitrogens with zero attached hydrogens (tertiary/aromatic N) is 3. The Balaban J connectivity index is 2.37. The summed E-state index contributed by atoms with van der Waals surface area (Å²) in [6.07, 6.45) is 1.68. The van der Waals surface area contributed by atoms with E-state index in [4.69, 9.17) is 4.84 Å². The minimum absolute atomic E-state index is 0.121. The van der Waals surface area contributed by atoms with Gasteiger partial charge in [-0.25, -0.2) is 13.8 Å². The van der Waals surface area contributed by atoms with Crippen molar-refractivity contribution in [2.45, 2.75) is 53.5 Å². The number of hydrogen-bond donors (Lipinski definition) is 0. The number of aromatic nitrogens is 2. The fraction of sp³-hybridized carbons (Fsp3) is 0.684. The number of amides is 1. The molecule has 1 aliphatic carbocycles. The number of rotatable bonds is 5. The largest absolute Gasteiger partial charge is 0.282 e. The zero-order valence-corrected chi connectivity index (χ0v) is 16.6. The van der Waals surface area contributed by atoms with E-state index >= 15 is 0 Å². The van der Waals surface area contributed by atoms with Crippen molar-refractivity contribution in [3.05, 3.63) is 29.1 Å². The number of aryl methyl sites for hydroxylation is 1. The van der Waals surface area contributed by atoms with Crippen LogP contribution < -0.4 is 0 Å². The molecule has 0 spiro atoms. The monoisotopic (exact) mass is 369 g/mol. The summed E-state index contributed by atoms with van der Waals surface area (Å²) in [7, 11) is 2.91. The second-order valence-electron chi connectivity index (χ2n) is 7.98. The number of halogens is 2. The first-order valence-corrected chi connectivity index (χ1v) is 8.87. The van der Waals surface area contributed by atoms with E-state index in [0.717, 1.165) is 6.42 Å². The van der Waals surface area contributed by atoms with Crippen molar-refractivity contribution in [1.29, 1.82) is 0 Å². The molecule has 0 radical (unpaired) electrons. The quantitative estimate of drug-likeness (QED) is 0.572. The Labute approximate surface area is 154 Å². The van der Waals surface area contributed by atoms with E-state index in [1.807, 2.05) is 6.92 Å². The van der Waals surface area contributed by atoms with Crippen LogP contribution in [-0.2, 0) is 11.9 Å². The zero-order valence-electron chi connectivity index (χ0n) is 16.6. The molecule has 3 atom stereocenters. The third kappa shape index (κ3) is 3.82. The molecule has 3 unspecified atom stereocenters. The van der Waals surface area contributed by atoms with Gasteiger partial charge in [-0.15, -0.1) is 0 Å². The van der Waals surface area contributed by atoms with Gasteiger partial charge in [0, 0.05) is 13.2 Å². The van der Waals surface area contributed by atoms with Crippen LogP contribution in [0.25, 0.3) is 0 Å². The van der Waals surface area contributed by atoms with Crippen molar-refractivity contribution in [2.24, 2.45) is 24.3 Å². The number of hydrogen-bond acceptors (Lipinski definition) is 3. The van der Waals surface area contributed by atoms with Gasteiger partial charge in [-0.05, 0) is 37.5 Å². The molecule has 1 aliphatic rings. The molecule has 0 saturated carbocycles. The van der Waals surface area contributed by atoms with Gasteiger partial charge in [-0.3, -0.25) is 14.3 Å². The number of carbonyl (C=O) groups is 1. The third-order valence-electron chi connectivity index (χ3n) is 5.32. The van der Waals surface area contributed by atoms with Crippen LogP contribution in [0.1, 0.15) is 63.5 Å². The molecule has 0 aliphatic heterocycles. The fourth-order valence-corrected chi connectivity index (χ4v) is 4.79. The number of carbonyl (C=O) groups excluding carboxylic acids is 1.